The van der Waals surface area contributed by atoms with Crippen molar-refractivity contribution in [3.63, 3.8) is 0 Å². The second-order valence-corrected chi connectivity index (χ2v) is 5.65. The summed E-state index contributed by atoms with van der Waals surface area (Å²) in [7, 11) is 0. The monoisotopic (exact) mass is 290 g/mol. The Kier molecular flexibility index (Phi) is 5.59. The van der Waals surface area contributed by atoms with Crippen LogP contribution in [-0.2, 0) is 4.79 Å². The molecule has 1 heterocycles. The Morgan fingerprint density at radius 2 is 1.90 bits per heavy atom. The number of hydrogen-bond acceptors (Lipinski definition) is 4. The van der Waals surface area contributed by atoms with Gasteiger partial charge < -0.3 is 20.9 Å². The lowest BCUT2D eigenvalue weighted by atomic mass is 10.2. The van der Waals surface area contributed by atoms with Gasteiger partial charge >= 0.3 is 0 Å². The zero-order chi connectivity index (χ0) is 15.2. The quantitative estimate of drug-likeness (QED) is 0.808. The highest BCUT2D eigenvalue weighted by atomic mass is 16.1. The van der Waals surface area contributed by atoms with Crippen molar-refractivity contribution in [3.8, 4) is 0 Å². The molecule has 1 aliphatic heterocycles. The number of nitrogens with two attached hydrogens (primary N) is 1. The molecule has 116 valence electrons. The van der Waals surface area contributed by atoms with Crippen LogP contribution >= 0.6 is 0 Å². The molecule has 0 spiro atoms. The first-order valence-corrected chi connectivity index (χ1v) is 7.69. The topological polar surface area (TPSA) is 61.6 Å². The predicted molar refractivity (Wildman–Crippen MR) is 87.4 cm³/mol. The van der Waals surface area contributed by atoms with Crippen LogP contribution in [0.4, 0.5) is 11.4 Å². The molecule has 0 aliphatic carbocycles. The third kappa shape index (κ3) is 4.72. The normalized spacial score (nSPS) is 16.9. The van der Waals surface area contributed by atoms with Crippen molar-refractivity contribution < 1.29 is 4.79 Å². The molecule has 21 heavy (non-hydrogen) atoms. The Hall–Kier alpha value is -1.59. The Labute approximate surface area is 127 Å². The molecule has 2 rings (SSSR count). The highest BCUT2D eigenvalue weighted by Crippen LogP contribution is 2.18. The van der Waals surface area contributed by atoms with Gasteiger partial charge in [-0.1, -0.05) is 13.0 Å². The number of likely N-dealkylation sites (N-methyl/N-ethyl adjacent to an activating group) is 1. The summed E-state index contributed by atoms with van der Waals surface area (Å²) in [5, 5.41) is 2.95. The van der Waals surface area contributed by atoms with Crippen LogP contribution in [0.2, 0.25) is 0 Å². The lowest BCUT2D eigenvalue weighted by Crippen LogP contribution is -2.46. The van der Waals surface area contributed by atoms with Crippen LogP contribution in [0.1, 0.15) is 18.9 Å². The Balaban J connectivity index is 1.76. The van der Waals surface area contributed by atoms with Crippen molar-refractivity contribution in [1.29, 1.82) is 0 Å². The van der Waals surface area contributed by atoms with Gasteiger partial charge in [-0.2, -0.15) is 0 Å². The highest BCUT2D eigenvalue weighted by Gasteiger charge is 2.16. The molecule has 0 aromatic heterocycles. The molecule has 5 heteroatoms. The van der Waals surface area contributed by atoms with Crippen LogP contribution in [0.15, 0.2) is 18.2 Å². The van der Waals surface area contributed by atoms with Crippen LogP contribution in [0.3, 0.4) is 0 Å². The summed E-state index contributed by atoms with van der Waals surface area (Å²) in [4.78, 5) is 16.8. The van der Waals surface area contributed by atoms with E-state index >= 15 is 0 Å². The van der Waals surface area contributed by atoms with Crippen molar-refractivity contribution >= 4 is 17.3 Å². The predicted octanol–water partition coefficient (Wildman–Crippen LogP) is 1.54. The maximum atomic E-state index is 12.1. The van der Waals surface area contributed by atoms with Gasteiger partial charge in [-0.05, 0) is 31.2 Å². The Bertz CT molecular complexity index is 481. The first-order valence-electron chi connectivity index (χ1n) is 7.69. The number of nitrogen functional groups attached to an aromatic ring is 1. The second-order valence-electron chi connectivity index (χ2n) is 5.65. The molecule has 0 atom stereocenters. The zero-order valence-electron chi connectivity index (χ0n) is 13.1. The lowest BCUT2D eigenvalue weighted by Gasteiger charge is -2.33. The van der Waals surface area contributed by atoms with E-state index in [0.29, 0.717) is 12.1 Å². The van der Waals surface area contributed by atoms with Crippen molar-refractivity contribution in [2.24, 2.45) is 0 Å². The van der Waals surface area contributed by atoms with Crippen molar-refractivity contribution in [2.45, 2.75) is 20.3 Å². The fourth-order valence-electron chi connectivity index (χ4n) is 2.58. The van der Waals surface area contributed by atoms with E-state index in [0.717, 1.165) is 50.5 Å². The molecule has 0 unspecified atom stereocenters. The minimum absolute atomic E-state index is 0.0571. The highest BCUT2D eigenvalue weighted by molar-refractivity contribution is 5.92. The van der Waals surface area contributed by atoms with Gasteiger partial charge in [0, 0.05) is 50.5 Å². The second kappa shape index (κ2) is 7.43. The first-order chi connectivity index (χ1) is 10.1. The van der Waals surface area contributed by atoms with Crippen molar-refractivity contribution in [2.75, 3.05) is 50.3 Å². The molecule has 1 saturated heterocycles. The van der Waals surface area contributed by atoms with E-state index in [1.165, 1.54) is 0 Å². The minimum atomic E-state index is 0.0571. The third-order valence-corrected chi connectivity index (χ3v) is 4.10. The summed E-state index contributed by atoms with van der Waals surface area (Å²) in [6.45, 7) is 10.4. The van der Waals surface area contributed by atoms with Gasteiger partial charge in [0.2, 0.25) is 5.91 Å². The number of carbonyl (C=O) groups excluding carboxylic acids is 1. The molecule has 0 saturated carbocycles. The largest absolute Gasteiger partial charge is 0.399 e. The van der Waals surface area contributed by atoms with Crippen LogP contribution in [0.25, 0.3) is 0 Å². The molecule has 1 aromatic rings. The number of rotatable bonds is 5. The van der Waals surface area contributed by atoms with E-state index in [1.54, 1.807) is 0 Å². The number of hydrogen-bond donors (Lipinski definition) is 2. The van der Waals surface area contributed by atoms with E-state index in [4.69, 9.17) is 5.73 Å². The molecular formula is C16H26N4O. The molecule has 0 bridgehead atoms. The maximum absolute atomic E-state index is 12.1. The van der Waals surface area contributed by atoms with E-state index in [-0.39, 0.29) is 5.91 Å². The molecule has 1 amide bonds. The van der Waals surface area contributed by atoms with Crippen LogP contribution in [0, 0.1) is 6.92 Å². The summed E-state index contributed by atoms with van der Waals surface area (Å²) >= 11 is 0. The van der Waals surface area contributed by atoms with Crippen molar-refractivity contribution in [1.82, 2.24) is 9.80 Å². The summed E-state index contributed by atoms with van der Waals surface area (Å²) < 4.78 is 0. The zero-order valence-corrected chi connectivity index (χ0v) is 13.1. The number of amides is 1. The molecule has 1 fully saturated rings. The van der Waals surface area contributed by atoms with Gasteiger partial charge in [0.15, 0.2) is 0 Å². The SMILES string of the molecule is CCN1CCN(CCC(=O)Nc2cc(N)ccc2C)CC1. The number of anilines is 2. The molecule has 3 N–H and O–H groups in total. The molecule has 1 aromatic carbocycles. The van der Waals surface area contributed by atoms with Crippen LogP contribution < -0.4 is 11.1 Å². The average molecular weight is 290 g/mol. The lowest BCUT2D eigenvalue weighted by molar-refractivity contribution is -0.116. The Morgan fingerprint density at radius 1 is 1.24 bits per heavy atom. The summed E-state index contributed by atoms with van der Waals surface area (Å²) in [6, 6.07) is 5.58. The van der Waals surface area contributed by atoms with Crippen LogP contribution in [-0.4, -0.2) is 55.0 Å². The number of nitrogens with one attached hydrogen (secondary N) is 1. The standard InChI is InChI=1S/C16H26N4O/c1-3-19-8-10-20(11-9-19)7-6-16(21)18-15-12-14(17)5-4-13(15)2/h4-5,12H,3,6-11,17H2,1-2H3,(H,18,21). The third-order valence-electron chi connectivity index (χ3n) is 4.10. The van der Waals surface area contributed by atoms with Gasteiger partial charge in [-0.3, -0.25) is 4.79 Å². The van der Waals surface area contributed by atoms with Crippen LogP contribution in [0.5, 0.6) is 0 Å². The maximum Gasteiger partial charge on any atom is 0.225 e. The molecule has 5 nitrogen and oxygen atoms in total. The molecule has 0 radical (unpaired) electrons. The van der Waals surface area contributed by atoms with Gasteiger partial charge in [-0.25, -0.2) is 0 Å². The average Bonchev–Trinajstić information content (AvgIpc) is 2.49. The van der Waals surface area contributed by atoms with E-state index < -0.39 is 0 Å². The first kappa shape index (κ1) is 15.8. The Morgan fingerprint density at radius 3 is 2.57 bits per heavy atom. The van der Waals surface area contributed by atoms with E-state index in [2.05, 4.69) is 22.0 Å². The molecular weight excluding hydrogens is 264 g/mol. The fourth-order valence-corrected chi connectivity index (χ4v) is 2.58. The number of benzene rings is 1. The minimum Gasteiger partial charge on any atom is -0.399 e. The fraction of sp³-hybridized carbons (Fsp3) is 0.562. The number of nitrogens with zero attached hydrogens (tertiary/aromatic N) is 2. The van der Waals surface area contributed by atoms with Gasteiger partial charge in [0.1, 0.15) is 0 Å². The summed E-state index contributed by atoms with van der Waals surface area (Å²) in [6.07, 6.45) is 0.528. The summed E-state index contributed by atoms with van der Waals surface area (Å²) in [5.41, 5.74) is 8.28. The van der Waals surface area contributed by atoms with Gasteiger partial charge in [0.25, 0.3) is 0 Å². The van der Waals surface area contributed by atoms with Crippen molar-refractivity contribution in [3.05, 3.63) is 23.8 Å². The number of carbonyl (C=O) groups is 1. The van der Waals surface area contributed by atoms with E-state index in [9.17, 15) is 4.79 Å². The van der Waals surface area contributed by atoms with E-state index in [1.807, 2.05) is 25.1 Å². The summed E-state index contributed by atoms with van der Waals surface area (Å²) in [5.74, 6) is 0.0571. The smallest absolute Gasteiger partial charge is 0.225 e. The van der Waals surface area contributed by atoms with Gasteiger partial charge in [0.05, 0.1) is 0 Å². The number of aryl methyl sites for hydroxylation is 1. The molecule has 1 aliphatic rings. The number of piperazine rings is 1. The van der Waals surface area contributed by atoms with Gasteiger partial charge in [-0.15, -0.1) is 0 Å².